The Balaban J connectivity index is 1.43. The average Bonchev–Trinajstić information content (AvgIpc) is 3.47. The largest absolute Gasteiger partial charge is 0.378 e. The minimum Gasteiger partial charge on any atom is -0.378 e. The zero-order chi connectivity index (χ0) is 20.4. The number of benzene rings is 1. The first-order valence-electron chi connectivity index (χ1n) is 9.17. The van der Waals surface area contributed by atoms with Crippen LogP contribution in [0.5, 0.6) is 0 Å². The molecule has 10 nitrogen and oxygen atoms in total. The quantitative estimate of drug-likeness (QED) is 0.398. The van der Waals surface area contributed by atoms with E-state index in [1.54, 1.807) is 0 Å². The van der Waals surface area contributed by atoms with E-state index >= 15 is 0 Å². The van der Waals surface area contributed by atoms with Crippen molar-refractivity contribution >= 4 is 46.6 Å². The van der Waals surface area contributed by atoms with Gasteiger partial charge in [-0.25, -0.2) is 0 Å². The highest BCUT2D eigenvalue weighted by Gasteiger charge is 2.32. The van der Waals surface area contributed by atoms with E-state index in [9.17, 15) is 14.9 Å². The number of amides is 1. The Labute approximate surface area is 175 Å². The van der Waals surface area contributed by atoms with Crippen LogP contribution in [0.2, 0.25) is 5.02 Å². The maximum atomic E-state index is 12.4. The van der Waals surface area contributed by atoms with Gasteiger partial charge in [0.05, 0.1) is 34.6 Å². The van der Waals surface area contributed by atoms with E-state index in [0.717, 1.165) is 31.9 Å². The molecule has 1 saturated heterocycles. The molecule has 1 aliphatic carbocycles. The van der Waals surface area contributed by atoms with Gasteiger partial charge < -0.3 is 15.0 Å². The SMILES string of the molecule is O=C(CSc1nnc(N2CCOCC2)n1C1CC1)Nc1cc([N+](=O)[O-])ccc1Cl. The van der Waals surface area contributed by atoms with Gasteiger partial charge in [0.2, 0.25) is 11.9 Å². The molecule has 2 aromatic rings. The lowest BCUT2D eigenvalue weighted by atomic mass is 10.3. The monoisotopic (exact) mass is 438 g/mol. The molecule has 4 rings (SSSR count). The van der Waals surface area contributed by atoms with E-state index in [-0.39, 0.29) is 28.1 Å². The van der Waals surface area contributed by atoms with E-state index in [4.69, 9.17) is 16.3 Å². The number of morpholine rings is 1. The van der Waals surface area contributed by atoms with Gasteiger partial charge in [0.25, 0.3) is 5.69 Å². The van der Waals surface area contributed by atoms with E-state index in [1.807, 2.05) is 0 Å². The first-order valence-corrected chi connectivity index (χ1v) is 10.5. The average molecular weight is 439 g/mol. The molecule has 0 spiro atoms. The van der Waals surface area contributed by atoms with Gasteiger partial charge >= 0.3 is 0 Å². The van der Waals surface area contributed by atoms with Crippen LogP contribution in [-0.2, 0) is 9.53 Å². The Bertz CT molecular complexity index is 929. The molecule has 2 fully saturated rings. The molecule has 0 atom stereocenters. The van der Waals surface area contributed by atoms with Crippen molar-refractivity contribution in [2.24, 2.45) is 0 Å². The molecule has 12 heteroatoms. The number of nitro groups is 1. The summed E-state index contributed by atoms with van der Waals surface area (Å²) in [5.41, 5.74) is 0.0742. The Hall–Kier alpha value is -2.37. The highest BCUT2D eigenvalue weighted by molar-refractivity contribution is 7.99. The van der Waals surface area contributed by atoms with E-state index in [1.165, 1.54) is 30.0 Å². The fourth-order valence-corrected chi connectivity index (χ4v) is 4.00. The zero-order valence-corrected chi connectivity index (χ0v) is 17.0. The number of rotatable bonds is 7. The van der Waals surface area contributed by atoms with Gasteiger partial charge in [-0.05, 0) is 18.9 Å². The second-order valence-corrected chi connectivity index (χ2v) is 8.09. The molecule has 0 unspecified atom stereocenters. The molecule has 1 amide bonds. The predicted octanol–water partition coefficient (Wildman–Crippen LogP) is 2.74. The Morgan fingerprint density at radius 3 is 2.79 bits per heavy atom. The molecular formula is C17H19ClN6O4S. The summed E-state index contributed by atoms with van der Waals surface area (Å²) in [5, 5.41) is 23.1. The molecule has 154 valence electrons. The Kier molecular flexibility index (Phi) is 5.88. The number of hydrogen-bond acceptors (Lipinski definition) is 8. The molecule has 29 heavy (non-hydrogen) atoms. The van der Waals surface area contributed by atoms with Crippen LogP contribution >= 0.6 is 23.4 Å². The van der Waals surface area contributed by atoms with Crippen molar-refractivity contribution < 1.29 is 14.5 Å². The van der Waals surface area contributed by atoms with Crippen LogP contribution in [-0.4, -0.2) is 57.7 Å². The van der Waals surface area contributed by atoms with Crippen molar-refractivity contribution in [3.8, 4) is 0 Å². The minimum atomic E-state index is -0.536. The van der Waals surface area contributed by atoms with Crippen LogP contribution in [0.4, 0.5) is 17.3 Å². The molecule has 1 saturated carbocycles. The normalized spacial score (nSPS) is 16.7. The summed E-state index contributed by atoms with van der Waals surface area (Å²) in [7, 11) is 0. The van der Waals surface area contributed by atoms with Crippen LogP contribution in [0.3, 0.4) is 0 Å². The number of ether oxygens (including phenoxy) is 1. The number of halogens is 1. The molecule has 1 aromatic heterocycles. The first kappa shape index (κ1) is 19.9. The smallest absolute Gasteiger partial charge is 0.271 e. The lowest BCUT2D eigenvalue weighted by Crippen LogP contribution is -2.38. The number of anilines is 2. The van der Waals surface area contributed by atoms with Gasteiger partial charge in [0.15, 0.2) is 5.16 Å². The summed E-state index contributed by atoms with van der Waals surface area (Å²) in [6.07, 6.45) is 2.14. The maximum Gasteiger partial charge on any atom is 0.271 e. The molecule has 1 aliphatic heterocycles. The summed E-state index contributed by atoms with van der Waals surface area (Å²) in [4.78, 5) is 24.9. The number of nitrogens with one attached hydrogen (secondary N) is 1. The number of carbonyl (C=O) groups excluding carboxylic acids is 1. The van der Waals surface area contributed by atoms with E-state index in [2.05, 4.69) is 25.0 Å². The third-order valence-corrected chi connectivity index (χ3v) is 5.89. The van der Waals surface area contributed by atoms with Crippen LogP contribution in [0, 0.1) is 10.1 Å². The molecule has 2 heterocycles. The highest BCUT2D eigenvalue weighted by atomic mass is 35.5. The zero-order valence-electron chi connectivity index (χ0n) is 15.4. The van der Waals surface area contributed by atoms with Gasteiger partial charge in [-0.1, -0.05) is 23.4 Å². The van der Waals surface area contributed by atoms with Crippen LogP contribution < -0.4 is 10.2 Å². The van der Waals surface area contributed by atoms with Gasteiger partial charge in [0, 0.05) is 31.3 Å². The molecule has 0 radical (unpaired) electrons. The number of nitro benzene ring substituents is 1. The number of non-ortho nitro benzene ring substituents is 1. The molecule has 1 N–H and O–H groups in total. The minimum absolute atomic E-state index is 0.0903. The fourth-order valence-electron chi connectivity index (χ4n) is 3.04. The van der Waals surface area contributed by atoms with Gasteiger partial charge in [-0.3, -0.25) is 19.5 Å². The van der Waals surface area contributed by atoms with Crippen molar-refractivity contribution in [3.05, 3.63) is 33.3 Å². The highest BCUT2D eigenvalue weighted by Crippen LogP contribution is 2.41. The lowest BCUT2D eigenvalue weighted by molar-refractivity contribution is -0.384. The Morgan fingerprint density at radius 2 is 2.10 bits per heavy atom. The summed E-state index contributed by atoms with van der Waals surface area (Å²) in [6, 6.07) is 4.28. The first-order chi connectivity index (χ1) is 14.0. The second kappa shape index (κ2) is 8.56. The van der Waals surface area contributed by atoms with Crippen molar-refractivity contribution in [1.29, 1.82) is 0 Å². The summed E-state index contributed by atoms with van der Waals surface area (Å²) < 4.78 is 7.50. The second-order valence-electron chi connectivity index (χ2n) is 6.74. The maximum absolute atomic E-state index is 12.4. The summed E-state index contributed by atoms with van der Waals surface area (Å²) in [6.45, 7) is 2.85. The van der Waals surface area contributed by atoms with Crippen molar-refractivity contribution in [1.82, 2.24) is 14.8 Å². The number of aromatic nitrogens is 3. The number of carbonyl (C=O) groups is 1. The third-order valence-electron chi connectivity index (χ3n) is 4.62. The van der Waals surface area contributed by atoms with Crippen LogP contribution in [0.1, 0.15) is 18.9 Å². The third kappa shape index (κ3) is 4.62. The standard InChI is InChI=1S/C17H19ClN6O4S/c18-13-4-3-12(24(26)27)9-14(13)19-15(25)10-29-17-21-20-16(23(17)11-1-2-11)22-5-7-28-8-6-22/h3-4,9,11H,1-2,5-8,10H2,(H,19,25). The van der Waals surface area contributed by atoms with Gasteiger partial charge in [0.1, 0.15) is 0 Å². The number of hydrogen-bond donors (Lipinski definition) is 1. The summed E-state index contributed by atoms with van der Waals surface area (Å²) >= 11 is 7.33. The van der Waals surface area contributed by atoms with Crippen LogP contribution in [0.25, 0.3) is 0 Å². The van der Waals surface area contributed by atoms with E-state index in [0.29, 0.717) is 24.4 Å². The molecular weight excluding hydrogens is 420 g/mol. The topological polar surface area (TPSA) is 115 Å². The Morgan fingerprint density at radius 1 is 1.34 bits per heavy atom. The predicted molar refractivity (Wildman–Crippen MR) is 109 cm³/mol. The van der Waals surface area contributed by atoms with Crippen molar-refractivity contribution in [3.63, 3.8) is 0 Å². The molecule has 2 aliphatic rings. The van der Waals surface area contributed by atoms with Crippen LogP contribution in [0.15, 0.2) is 23.4 Å². The number of thioether (sulfide) groups is 1. The fraction of sp³-hybridized carbons (Fsp3) is 0.471. The number of nitrogens with zero attached hydrogens (tertiary/aromatic N) is 5. The molecule has 1 aromatic carbocycles. The lowest BCUT2D eigenvalue weighted by Gasteiger charge is -2.27. The van der Waals surface area contributed by atoms with Gasteiger partial charge in [-0.15, -0.1) is 10.2 Å². The van der Waals surface area contributed by atoms with Crippen molar-refractivity contribution in [2.45, 2.75) is 24.0 Å². The van der Waals surface area contributed by atoms with Crippen molar-refractivity contribution in [2.75, 3.05) is 42.3 Å². The van der Waals surface area contributed by atoms with Gasteiger partial charge in [-0.2, -0.15) is 0 Å². The van der Waals surface area contributed by atoms with E-state index < -0.39 is 4.92 Å². The summed E-state index contributed by atoms with van der Waals surface area (Å²) in [5.74, 6) is 0.587. The molecule has 0 bridgehead atoms.